The molecule has 0 aliphatic carbocycles. The van der Waals surface area contributed by atoms with Crippen molar-refractivity contribution in [2.75, 3.05) is 0 Å². The van der Waals surface area contributed by atoms with Crippen molar-refractivity contribution in [3.8, 4) is 0 Å². The van der Waals surface area contributed by atoms with Crippen LogP contribution in [0, 0.1) is 20.8 Å². The fourth-order valence-electron chi connectivity index (χ4n) is 3.64. The Morgan fingerprint density at radius 2 is 1.88 bits per heavy atom. The molecular weight excluding hydrogens is 340 g/mol. The van der Waals surface area contributed by atoms with Gasteiger partial charge < -0.3 is 9.97 Å². The number of aryl methyl sites for hydroxylation is 2. The molecule has 0 aliphatic heterocycles. The van der Waals surface area contributed by atoms with Crippen molar-refractivity contribution in [2.45, 2.75) is 33.6 Å². The van der Waals surface area contributed by atoms with Gasteiger partial charge >= 0.3 is 0 Å². The lowest BCUT2D eigenvalue weighted by Crippen LogP contribution is -2.05. The van der Waals surface area contributed by atoms with Crippen molar-refractivity contribution in [2.24, 2.45) is 0 Å². The summed E-state index contributed by atoms with van der Waals surface area (Å²) in [5, 5.41) is 0. The summed E-state index contributed by atoms with van der Waals surface area (Å²) in [4.78, 5) is 21.4. The highest BCUT2D eigenvalue weighted by Gasteiger charge is 2.27. The number of thiophene rings is 1. The predicted octanol–water partition coefficient (Wildman–Crippen LogP) is 6.00. The van der Waals surface area contributed by atoms with Crippen LogP contribution in [0.5, 0.6) is 0 Å². The number of H-pyrrole nitrogens is 2. The first-order valence-corrected chi connectivity index (χ1v) is 9.43. The Balaban J connectivity index is 2.25. The van der Waals surface area contributed by atoms with E-state index in [2.05, 4.69) is 41.3 Å². The van der Waals surface area contributed by atoms with Crippen molar-refractivity contribution in [3.63, 3.8) is 0 Å². The molecule has 0 aliphatic rings. The molecular formula is C22H24N2OS. The average Bonchev–Trinajstić information content (AvgIpc) is 3.26. The van der Waals surface area contributed by atoms with E-state index in [1.807, 2.05) is 32.9 Å². The van der Waals surface area contributed by atoms with Crippen molar-refractivity contribution in [1.29, 1.82) is 0 Å². The van der Waals surface area contributed by atoms with Gasteiger partial charge in [0.25, 0.3) is 0 Å². The summed E-state index contributed by atoms with van der Waals surface area (Å²) in [7, 11) is 0. The Labute approximate surface area is 158 Å². The SMILES string of the molecule is C=Cc1cc(C(c2ccc(C)[nH]2)c2[nH]c(C)c(C(C)=O)c2C)sc1C=C. The van der Waals surface area contributed by atoms with Crippen LogP contribution in [0.4, 0.5) is 0 Å². The molecule has 2 N–H and O–H groups in total. The lowest BCUT2D eigenvalue weighted by atomic mass is 9.94. The van der Waals surface area contributed by atoms with Gasteiger partial charge in [0.05, 0.1) is 5.92 Å². The maximum absolute atomic E-state index is 12.1. The van der Waals surface area contributed by atoms with Gasteiger partial charge in [0.1, 0.15) is 0 Å². The number of rotatable bonds is 6. The Hall–Kier alpha value is -2.59. The number of carbonyl (C=O) groups is 1. The number of hydrogen-bond acceptors (Lipinski definition) is 2. The zero-order valence-electron chi connectivity index (χ0n) is 15.7. The van der Waals surface area contributed by atoms with Gasteiger partial charge in [-0.1, -0.05) is 25.3 Å². The van der Waals surface area contributed by atoms with Crippen molar-refractivity contribution >= 4 is 29.3 Å². The molecule has 0 radical (unpaired) electrons. The van der Waals surface area contributed by atoms with Gasteiger partial charge in [0.15, 0.2) is 5.78 Å². The fourth-order valence-corrected chi connectivity index (χ4v) is 4.78. The highest BCUT2D eigenvalue weighted by molar-refractivity contribution is 7.13. The van der Waals surface area contributed by atoms with E-state index in [-0.39, 0.29) is 11.7 Å². The second-order valence-corrected chi connectivity index (χ2v) is 7.74. The van der Waals surface area contributed by atoms with E-state index < -0.39 is 0 Å². The van der Waals surface area contributed by atoms with E-state index in [9.17, 15) is 4.79 Å². The average molecular weight is 365 g/mol. The highest BCUT2D eigenvalue weighted by atomic mass is 32.1. The second kappa shape index (κ2) is 6.96. The number of carbonyl (C=O) groups excluding carboxylic acids is 1. The summed E-state index contributed by atoms with van der Waals surface area (Å²) >= 11 is 1.71. The van der Waals surface area contributed by atoms with Crippen LogP contribution in [0.25, 0.3) is 12.2 Å². The van der Waals surface area contributed by atoms with Gasteiger partial charge in [-0.25, -0.2) is 0 Å². The molecule has 0 saturated carbocycles. The first-order chi connectivity index (χ1) is 12.4. The van der Waals surface area contributed by atoms with E-state index in [4.69, 9.17) is 0 Å². The monoisotopic (exact) mass is 364 g/mol. The van der Waals surface area contributed by atoms with Gasteiger partial charge in [0, 0.05) is 38.1 Å². The molecule has 134 valence electrons. The van der Waals surface area contributed by atoms with E-state index in [1.165, 1.54) is 4.88 Å². The molecule has 3 nitrogen and oxygen atoms in total. The number of aromatic amines is 2. The van der Waals surface area contributed by atoms with Crippen LogP contribution in [-0.4, -0.2) is 15.8 Å². The molecule has 1 unspecified atom stereocenters. The van der Waals surface area contributed by atoms with Gasteiger partial charge in [0.2, 0.25) is 0 Å². The Morgan fingerprint density at radius 1 is 1.15 bits per heavy atom. The summed E-state index contributed by atoms with van der Waals surface area (Å²) in [6.45, 7) is 15.5. The first-order valence-electron chi connectivity index (χ1n) is 8.61. The van der Waals surface area contributed by atoms with Crippen LogP contribution in [-0.2, 0) is 0 Å². The quantitative estimate of drug-likeness (QED) is 0.518. The molecule has 0 spiro atoms. The lowest BCUT2D eigenvalue weighted by molar-refractivity contribution is 0.101. The van der Waals surface area contributed by atoms with E-state index in [0.717, 1.165) is 44.3 Å². The molecule has 1 atom stereocenters. The van der Waals surface area contributed by atoms with Crippen LogP contribution in [0.1, 0.15) is 66.9 Å². The van der Waals surface area contributed by atoms with Crippen molar-refractivity contribution in [3.05, 3.63) is 80.6 Å². The van der Waals surface area contributed by atoms with Gasteiger partial charge in [-0.05, 0) is 57.0 Å². The van der Waals surface area contributed by atoms with Gasteiger partial charge in [-0.15, -0.1) is 11.3 Å². The highest BCUT2D eigenvalue weighted by Crippen LogP contribution is 2.40. The van der Waals surface area contributed by atoms with Crippen LogP contribution < -0.4 is 0 Å². The molecule has 3 rings (SSSR count). The minimum Gasteiger partial charge on any atom is -0.362 e. The Kier molecular flexibility index (Phi) is 4.88. The van der Waals surface area contributed by atoms with E-state index in [0.29, 0.717) is 0 Å². The molecule has 26 heavy (non-hydrogen) atoms. The molecule has 0 bridgehead atoms. The van der Waals surface area contributed by atoms with Crippen molar-refractivity contribution < 1.29 is 4.79 Å². The maximum atomic E-state index is 12.1. The summed E-state index contributed by atoms with van der Waals surface area (Å²) < 4.78 is 0. The number of ketones is 1. The number of nitrogens with one attached hydrogen (secondary N) is 2. The minimum absolute atomic E-state index is 0.00731. The molecule has 3 heterocycles. The number of hydrogen-bond donors (Lipinski definition) is 2. The number of aromatic nitrogens is 2. The normalized spacial score (nSPS) is 12.2. The standard InChI is InChI=1S/C22H24N2OS/c1-7-16-11-19(26-18(16)8-2)21(17-10-9-12(3)23-17)22-13(4)20(15(6)25)14(5)24-22/h7-11,21,23-24H,1-2H2,3-6H3. The fraction of sp³-hybridized carbons (Fsp3) is 0.227. The van der Waals surface area contributed by atoms with Gasteiger partial charge in [-0.2, -0.15) is 0 Å². The molecule has 0 amide bonds. The third-order valence-corrected chi connectivity index (χ3v) is 5.99. The van der Waals surface area contributed by atoms with Crippen molar-refractivity contribution in [1.82, 2.24) is 9.97 Å². The zero-order chi connectivity index (χ0) is 19.0. The third kappa shape index (κ3) is 3.01. The van der Waals surface area contributed by atoms with E-state index >= 15 is 0 Å². The maximum Gasteiger partial charge on any atom is 0.161 e. The van der Waals surface area contributed by atoms with Crippen LogP contribution in [0.15, 0.2) is 31.4 Å². The molecule has 0 fully saturated rings. The summed E-state index contributed by atoms with van der Waals surface area (Å²) in [5.74, 6) is 0.0987. The smallest absolute Gasteiger partial charge is 0.161 e. The lowest BCUT2D eigenvalue weighted by Gasteiger charge is -2.15. The third-order valence-electron chi connectivity index (χ3n) is 4.78. The topological polar surface area (TPSA) is 48.6 Å². The van der Waals surface area contributed by atoms with E-state index in [1.54, 1.807) is 18.3 Å². The minimum atomic E-state index is 0.00731. The molecule has 4 heteroatoms. The molecule has 3 aromatic heterocycles. The molecule has 0 saturated heterocycles. The number of Topliss-reactive ketones (excluding diaryl/α,β-unsaturated/α-hetero) is 1. The van der Waals surface area contributed by atoms with Crippen LogP contribution in [0.2, 0.25) is 0 Å². The summed E-state index contributed by atoms with van der Waals surface area (Å²) in [6.07, 6.45) is 3.73. The summed E-state index contributed by atoms with van der Waals surface area (Å²) in [5.41, 5.74) is 7.08. The summed E-state index contributed by atoms with van der Waals surface area (Å²) in [6, 6.07) is 6.36. The first kappa shape index (κ1) is 18.2. The van der Waals surface area contributed by atoms with Gasteiger partial charge in [-0.3, -0.25) is 4.79 Å². The van der Waals surface area contributed by atoms with Crippen LogP contribution in [0.3, 0.4) is 0 Å². The molecule has 0 aromatic carbocycles. The largest absolute Gasteiger partial charge is 0.362 e. The predicted molar refractivity (Wildman–Crippen MR) is 111 cm³/mol. The van der Waals surface area contributed by atoms with Crippen LogP contribution >= 0.6 is 11.3 Å². The zero-order valence-corrected chi connectivity index (χ0v) is 16.5. The molecule has 3 aromatic rings. The Bertz CT molecular complexity index is 974. The second-order valence-electron chi connectivity index (χ2n) is 6.63. The Morgan fingerprint density at radius 3 is 2.35 bits per heavy atom.